The summed E-state index contributed by atoms with van der Waals surface area (Å²) < 4.78 is 2.16. The van der Waals surface area contributed by atoms with Crippen molar-refractivity contribution >= 4 is 17.3 Å². The number of hydrogen-bond donors (Lipinski definition) is 1. The zero-order valence-electron chi connectivity index (χ0n) is 5.58. The molecular formula is C6H12NOS+. The van der Waals surface area contributed by atoms with Crippen LogP contribution in [0.3, 0.4) is 0 Å². The van der Waals surface area contributed by atoms with Crippen molar-refractivity contribution in [2.75, 3.05) is 20.2 Å². The van der Waals surface area contributed by atoms with Crippen LogP contribution in [0.5, 0.6) is 0 Å². The van der Waals surface area contributed by atoms with Gasteiger partial charge in [0.15, 0.2) is 12.1 Å². The second-order valence-electron chi connectivity index (χ2n) is 2.32. The third-order valence-corrected chi connectivity index (χ3v) is 2.63. The third-order valence-electron chi connectivity index (χ3n) is 1.38. The van der Waals surface area contributed by atoms with Crippen molar-refractivity contribution < 1.29 is 9.68 Å². The first-order chi connectivity index (χ1) is 4.33. The lowest BCUT2D eigenvalue weighted by Crippen LogP contribution is -2.12. The second kappa shape index (κ2) is 3.22. The van der Waals surface area contributed by atoms with E-state index in [4.69, 9.17) is 5.11 Å². The summed E-state index contributed by atoms with van der Waals surface area (Å²) in [7, 11) is 2.06. The quantitative estimate of drug-likeness (QED) is 0.561. The van der Waals surface area contributed by atoms with E-state index in [-0.39, 0.29) is 0 Å². The lowest BCUT2D eigenvalue weighted by atomic mass is 10.3. The molecule has 1 unspecified atom stereocenters. The molecule has 0 saturated heterocycles. The maximum atomic E-state index is 8.57. The molecule has 1 N–H and O–H groups in total. The lowest BCUT2D eigenvalue weighted by Gasteiger charge is -1.98. The van der Waals surface area contributed by atoms with Gasteiger partial charge >= 0.3 is 0 Å². The van der Waals surface area contributed by atoms with Crippen molar-refractivity contribution in [3.63, 3.8) is 0 Å². The monoisotopic (exact) mass is 146 g/mol. The van der Waals surface area contributed by atoms with Crippen molar-refractivity contribution in [1.29, 1.82) is 0 Å². The molecule has 1 rings (SSSR count). The molecule has 1 aliphatic heterocycles. The molecule has 0 aromatic rings. The van der Waals surface area contributed by atoms with Crippen LogP contribution in [0, 0.1) is 0 Å². The van der Waals surface area contributed by atoms with Crippen LogP contribution in [-0.2, 0) is 0 Å². The van der Waals surface area contributed by atoms with E-state index in [1.807, 2.05) is 11.8 Å². The van der Waals surface area contributed by atoms with Crippen molar-refractivity contribution in [2.45, 2.75) is 11.7 Å². The van der Waals surface area contributed by atoms with E-state index in [1.54, 1.807) is 0 Å². The van der Waals surface area contributed by atoms with Crippen LogP contribution in [0.25, 0.3) is 0 Å². The molecule has 0 aromatic heterocycles. The number of nitrogens with zero attached hydrogens (tertiary/aromatic N) is 1. The van der Waals surface area contributed by atoms with E-state index in [0.29, 0.717) is 11.9 Å². The molecule has 0 bridgehead atoms. The van der Waals surface area contributed by atoms with Gasteiger partial charge in [0, 0.05) is 6.61 Å². The van der Waals surface area contributed by atoms with Gasteiger partial charge in [-0.25, -0.2) is 4.58 Å². The standard InChI is InChI=1S/C6H12NOS/c1-7-4-6(2-3-8)9-5-7/h5-6,8H,2-4H2,1H3/q+1. The van der Waals surface area contributed by atoms with Crippen molar-refractivity contribution in [1.82, 2.24) is 0 Å². The predicted octanol–water partition coefficient (Wildman–Crippen LogP) is 0.155. The molecule has 0 aromatic carbocycles. The van der Waals surface area contributed by atoms with Gasteiger partial charge in [-0.1, -0.05) is 11.8 Å². The Morgan fingerprint density at radius 2 is 2.67 bits per heavy atom. The molecule has 0 saturated carbocycles. The molecule has 0 fully saturated rings. The minimum atomic E-state index is 0.319. The summed E-state index contributed by atoms with van der Waals surface area (Å²) in [5, 5.41) is 9.19. The van der Waals surface area contributed by atoms with Gasteiger partial charge in [-0.3, -0.25) is 0 Å². The van der Waals surface area contributed by atoms with E-state index in [0.717, 1.165) is 13.0 Å². The van der Waals surface area contributed by atoms with Crippen LogP contribution in [-0.4, -0.2) is 40.7 Å². The fraction of sp³-hybridized carbons (Fsp3) is 0.833. The molecule has 0 amide bonds. The molecule has 1 aliphatic rings. The van der Waals surface area contributed by atoms with Crippen LogP contribution >= 0.6 is 11.8 Å². The van der Waals surface area contributed by atoms with Gasteiger partial charge in [0.2, 0.25) is 0 Å². The highest BCUT2D eigenvalue weighted by atomic mass is 32.2. The number of thioether (sulfide) groups is 1. The number of rotatable bonds is 2. The van der Waals surface area contributed by atoms with Gasteiger partial charge in [0.25, 0.3) is 0 Å². The largest absolute Gasteiger partial charge is 0.396 e. The van der Waals surface area contributed by atoms with Crippen LogP contribution in [0.15, 0.2) is 0 Å². The second-order valence-corrected chi connectivity index (χ2v) is 3.47. The Morgan fingerprint density at radius 3 is 3.11 bits per heavy atom. The minimum absolute atomic E-state index is 0.319. The normalized spacial score (nSPS) is 26.4. The molecule has 9 heavy (non-hydrogen) atoms. The molecule has 1 atom stereocenters. The SMILES string of the molecule is C[N+]1=CSC(CCO)C1. The minimum Gasteiger partial charge on any atom is -0.396 e. The van der Waals surface area contributed by atoms with E-state index < -0.39 is 0 Å². The van der Waals surface area contributed by atoms with Gasteiger partial charge in [0.1, 0.15) is 7.05 Å². The summed E-state index contributed by atoms with van der Waals surface area (Å²) in [5.74, 6) is 0. The molecule has 0 spiro atoms. The summed E-state index contributed by atoms with van der Waals surface area (Å²) in [6, 6.07) is 0. The Labute approximate surface area is 59.6 Å². The Hall–Kier alpha value is -0.0200. The maximum absolute atomic E-state index is 8.57. The molecule has 0 radical (unpaired) electrons. The fourth-order valence-electron chi connectivity index (χ4n) is 0.901. The van der Waals surface area contributed by atoms with E-state index in [2.05, 4.69) is 17.2 Å². The van der Waals surface area contributed by atoms with Gasteiger partial charge in [-0.15, -0.1) is 0 Å². The summed E-state index contributed by atoms with van der Waals surface area (Å²) in [6.45, 7) is 1.41. The Kier molecular flexibility index (Phi) is 2.54. The van der Waals surface area contributed by atoms with Crippen molar-refractivity contribution in [3.8, 4) is 0 Å². The Balaban J connectivity index is 2.21. The highest BCUT2D eigenvalue weighted by Gasteiger charge is 2.19. The molecule has 52 valence electrons. The highest BCUT2D eigenvalue weighted by Crippen LogP contribution is 2.16. The zero-order valence-corrected chi connectivity index (χ0v) is 6.40. The van der Waals surface area contributed by atoms with E-state index in [9.17, 15) is 0 Å². The fourth-order valence-corrected chi connectivity index (χ4v) is 1.93. The molecule has 1 heterocycles. The van der Waals surface area contributed by atoms with Crippen LogP contribution < -0.4 is 0 Å². The summed E-state index contributed by atoms with van der Waals surface area (Å²) >= 11 is 1.82. The van der Waals surface area contributed by atoms with Gasteiger partial charge < -0.3 is 5.11 Å². The average Bonchev–Trinajstić information content (AvgIpc) is 2.17. The number of aliphatic hydroxyl groups is 1. The first kappa shape index (κ1) is 7.09. The average molecular weight is 146 g/mol. The van der Waals surface area contributed by atoms with Crippen LogP contribution in [0.2, 0.25) is 0 Å². The molecule has 3 heteroatoms. The number of aliphatic hydroxyl groups excluding tert-OH is 1. The highest BCUT2D eigenvalue weighted by molar-refractivity contribution is 8.12. The summed E-state index contributed by atoms with van der Waals surface area (Å²) in [6.07, 6.45) is 0.922. The maximum Gasteiger partial charge on any atom is 0.198 e. The Bertz CT molecular complexity index is 124. The first-order valence-corrected chi connectivity index (χ1v) is 4.07. The van der Waals surface area contributed by atoms with Gasteiger partial charge in [-0.05, 0) is 6.42 Å². The van der Waals surface area contributed by atoms with Crippen LogP contribution in [0.1, 0.15) is 6.42 Å². The first-order valence-electron chi connectivity index (χ1n) is 3.13. The smallest absolute Gasteiger partial charge is 0.198 e. The van der Waals surface area contributed by atoms with Crippen LogP contribution in [0.4, 0.5) is 0 Å². The topological polar surface area (TPSA) is 23.2 Å². The van der Waals surface area contributed by atoms with Gasteiger partial charge in [0.05, 0.1) is 5.25 Å². The van der Waals surface area contributed by atoms with Crippen molar-refractivity contribution in [2.24, 2.45) is 0 Å². The molecular weight excluding hydrogens is 134 g/mol. The van der Waals surface area contributed by atoms with Crippen molar-refractivity contribution in [3.05, 3.63) is 0 Å². The molecule has 2 nitrogen and oxygen atoms in total. The van der Waals surface area contributed by atoms with Gasteiger partial charge in [-0.2, -0.15) is 0 Å². The number of hydrogen-bond acceptors (Lipinski definition) is 2. The van der Waals surface area contributed by atoms with E-state index in [1.165, 1.54) is 0 Å². The molecule has 0 aliphatic carbocycles. The summed E-state index contributed by atoms with van der Waals surface area (Å²) in [4.78, 5) is 0. The predicted molar refractivity (Wildman–Crippen MR) is 40.2 cm³/mol. The third kappa shape index (κ3) is 1.99. The summed E-state index contributed by atoms with van der Waals surface area (Å²) in [5.41, 5.74) is 2.11. The Morgan fingerprint density at radius 1 is 1.89 bits per heavy atom. The zero-order chi connectivity index (χ0) is 6.69. The lowest BCUT2D eigenvalue weighted by molar-refractivity contribution is -0.486. The van der Waals surface area contributed by atoms with E-state index >= 15 is 0 Å².